The first-order valence-corrected chi connectivity index (χ1v) is 13.4. The summed E-state index contributed by atoms with van der Waals surface area (Å²) < 4.78 is 5.09. The summed E-state index contributed by atoms with van der Waals surface area (Å²) in [5.41, 5.74) is 2.43. The Labute approximate surface area is 226 Å². The first-order valence-electron chi connectivity index (χ1n) is 12.6. The highest BCUT2D eigenvalue weighted by Gasteiger charge is 2.20. The van der Waals surface area contributed by atoms with Crippen LogP contribution >= 0.6 is 15.9 Å². The van der Waals surface area contributed by atoms with Crippen LogP contribution in [0.1, 0.15) is 37.3 Å². The van der Waals surface area contributed by atoms with Gasteiger partial charge >= 0.3 is 11.4 Å². The Morgan fingerprint density at radius 2 is 1.68 bits per heavy atom. The van der Waals surface area contributed by atoms with Crippen LogP contribution < -0.4 is 21.8 Å². The first kappa shape index (κ1) is 25.8. The standard InChI is InChI=1S/C27H29BrN6O4/c1-4-16-12-17(28)8-9-20(16)34-25(36)18(24(35)30-26(34)37)15-29-19-13-22-23(32(3)27(38)31(22)2)14-21(19)33-10-6-5-7-11-33/h8-9,12-15,36H,4-7,10-11H2,1-3H3,(H,30,35,37). The molecule has 3 heterocycles. The number of aromatic hydroxyl groups is 1. The average molecular weight is 581 g/mol. The van der Waals surface area contributed by atoms with E-state index >= 15 is 0 Å². The lowest BCUT2D eigenvalue weighted by Crippen LogP contribution is -2.31. The fourth-order valence-electron chi connectivity index (χ4n) is 5.08. The highest BCUT2D eigenvalue weighted by Crippen LogP contribution is 2.35. The van der Waals surface area contributed by atoms with E-state index in [-0.39, 0.29) is 11.3 Å². The number of hydrogen-bond acceptors (Lipinski definition) is 6. The molecule has 0 spiro atoms. The summed E-state index contributed by atoms with van der Waals surface area (Å²) in [5, 5.41) is 11.1. The lowest BCUT2D eigenvalue weighted by Gasteiger charge is -2.30. The zero-order valence-electron chi connectivity index (χ0n) is 21.5. The maximum atomic E-state index is 12.8. The van der Waals surface area contributed by atoms with Crippen LogP contribution in [0.25, 0.3) is 16.7 Å². The van der Waals surface area contributed by atoms with Gasteiger partial charge in [0.25, 0.3) is 5.56 Å². The molecule has 38 heavy (non-hydrogen) atoms. The molecule has 0 radical (unpaired) electrons. The molecule has 0 amide bonds. The van der Waals surface area contributed by atoms with E-state index in [9.17, 15) is 19.5 Å². The van der Waals surface area contributed by atoms with Crippen molar-refractivity contribution in [1.29, 1.82) is 0 Å². The SMILES string of the molecule is CCc1cc(Br)ccc1-n1c(O)c(C=Nc2cc3c(cc2N2CCCCC2)n(C)c(=O)n3C)c(=O)[nH]c1=O. The minimum Gasteiger partial charge on any atom is -0.493 e. The number of imidazole rings is 1. The average Bonchev–Trinajstić information content (AvgIpc) is 3.12. The van der Waals surface area contributed by atoms with Crippen LogP contribution in [0.15, 0.2) is 54.2 Å². The van der Waals surface area contributed by atoms with Crippen LogP contribution in [0.4, 0.5) is 11.4 Å². The maximum absolute atomic E-state index is 12.8. The molecule has 1 fully saturated rings. The second-order valence-corrected chi connectivity index (χ2v) is 10.4. The Hall–Kier alpha value is -3.86. The number of hydrogen-bond donors (Lipinski definition) is 2. The summed E-state index contributed by atoms with van der Waals surface area (Å²) in [6.45, 7) is 3.65. The van der Waals surface area contributed by atoms with Gasteiger partial charge in [0.1, 0.15) is 5.56 Å². The fourth-order valence-corrected chi connectivity index (χ4v) is 5.49. The highest BCUT2D eigenvalue weighted by atomic mass is 79.9. The topological polar surface area (TPSA) is 118 Å². The van der Waals surface area contributed by atoms with E-state index in [1.54, 1.807) is 35.4 Å². The number of H-pyrrole nitrogens is 1. The molecule has 0 unspecified atom stereocenters. The molecule has 10 nitrogen and oxygen atoms in total. The number of benzene rings is 2. The lowest BCUT2D eigenvalue weighted by molar-refractivity contribution is 0.429. The van der Waals surface area contributed by atoms with Gasteiger partial charge in [-0.2, -0.15) is 0 Å². The van der Waals surface area contributed by atoms with Crippen molar-refractivity contribution in [2.45, 2.75) is 32.6 Å². The maximum Gasteiger partial charge on any atom is 0.335 e. The Kier molecular flexibility index (Phi) is 6.87. The molecule has 0 bridgehead atoms. The van der Waals surface area contributed by atoms with Gasteiger partial charge in [0.05, 0.1) is 28.1 Å². The van der Waals surface area contributed by atoms with Gasteiger partial charge in [-0.15, -0.1) is 0 Å². The molecular weight excluding hydrogens is 552 g/mol. The van der Waals surface area contributed by atoms with Gasteiger partial charge in [-0.05, 0) is 61.6 Å². The van der Waals surface area contributed by atoms with Gasteiger partial charge in [0.15, 0.2) is 0 Å². The van der Waals surface area contributed by atoms with Crippen LogP contribution in [0, 0.1) is 0 Å². The molecule has 1 saturated heterocycles. The number of nitrogens with zero attached hydrogens (tertiary/aromatic N) is 5. The summed E-state index contributed by atoms with van der Waals surface area (Å²) in [6, 6.07) is 9.12. The van der Waals surface area contributed by atoms with Gasteiger partial charge < -0.3 is 10.0 Å². The number of aromatic amines is 1. The quantitative estimate of drug-likeness (QED) is 0.350. The van der Waals surface area contributed by atoms with Crippen molar-refractivity contribution in [3.63, 3.8) is 0 Å². The van der Waals surface area contributed by atoms with E-state index in [0.29, 0.717) is 23.3 Å². The predicted octanol–water partition coefficient (Wildman–Crippen LogP) is 3.49. The zero-order chi connectivity index (χ0) is 27.1. The molecule has 5 rings (SSSR count). The summed E-state index contributed by atoms with van der Waals surface area (Å²) in [5.74, 6) is -0.493. The molecule has 2 aromatic carbocycles. The first-order chi connectivity index (χ1) is 18.2. The second-order valence-electron chi connectivity index (χ2n) is 9.49. The van der Waals surface area contributed by atoms with Gasteiger partial charge in [-0.1, -0.05) is 22.9 Å². The van der Waals surface area contributed by atoms with Crippen molar-refractivity contribution in [2.24, 2.45) is 19.1 Å². The van der Waals surface area contributed by atoms with Crippen molar-refractivity contribution in [1.82, 2.24) is 18.7 Å². The Balaban J connectivity index is 1.68. The molecule has 2 N–H and O–H groups in total. The molecule has 4 aromatic rings. The normalized spacial score (nSPS) is 14.2. The number of anilines is 1. The molecule has 11 heteroatoms. The summed E-state index contributed by atoms with van der Waals surface area (Å²) >= 11 is 3.44. The third-order valence-corrected chi connectivity index (χ3v) is 7.68. The van der Waals surface area contributed by atoms with Crippen molar-refractivity contribution < 1.29 is 5.11 Å². The molecule has 1 aliphatic rings. The number of halogens is 1. The number of aliphatic imine (C=N–C) groups is 1. The lowest BCUT2D eigenvalue weighted by atomic mass is 10.1. The zero-order valence-corrected chi connectivity index (χ0v) is 23.1. The summed E-state index contributed by atoms with van der Waals surface area (Å²) in [4.78, 5) is 47.3. The predicted molar refractivity (Wildman–Crippen MR) is 153 cm³/mol. The molecular formula is C27H29BrN6O4. The van der Waals surface area contributed by atoms with Crippen molar-refractivity contribution in [3.05, 3.63) is 77.3 Å². The molecule has 2 aromatic heterocycles. The van der Waals surface area contributed by atoms with Crippen LogP contribution in [0.2, 0.25) is 0 Å². The number of fused-ring (bicyclic) bond motifs is 1. The Morgan fingerprint density at radius 3 is 2.37 bits per heavy atom. The van der Waals surface area contributed by atoms with E-state index in [1.165, 1.54) is 6.21 Å². The van der Waals surface area contributed by atoms with E-state index < -0.39 is 17.1 Å². The number of piperidine rings is 1. The number of aryl methyl sites for hydroxylation is 3. The largest absolute Gasteiger partial charge is 0.493 e. The monoisotopic (exact) mass is 580 g/mol. The van der Waals surface area contributed by atoms with E-state index in [1.807, 2.05) is 25.1 Å². The van der Waals surface area contributed by atoms with Crippen molar-refractivity contribution >= 4 is 44.6 Å². The molecule has 0 aliphatic carbocycles. The van der Waals surface area contributed by atoms with Crippen LogP contribution in [-0.2, 0) is 20.5 Å². The van der Waals surface area contributed by atoms with E-state index in [2.05, 4.69) is 30.8 Å². The van der Waals surface area contributed by atoms with Gasteiger partial charge in [0, 0.05) is 37.9 Å². The third kappa shape index (κ3) is 4.40. The fraction of sp³-hybridized carbons (Fsp3) is 0.333. The summed E-state index contributed by atoms with van der Waals surface area (Å²) in [6.07, 6.45) is 5.14. The van der Waals surface area contributed by atoms with Crippen LogP contribution in [-0.4, -0.2) is 43.1 Å². The van der Waals surface area contributed by atoms with E-state index in [0.717, 1.165) is 58.2 Å². The summed E-state index contributed by atoms with van der Waals surface area (Å²) in [7, 11) is 3.44. The van der Waals surface area contributed by atoms with Crippen LogP contribution in [0.3, 0.4) is 0 Å². The molecule has 1 aliphatic heterocycles. The second kappa shape index (κ2) is 10.1. The molecule has 0 atom stereocenters. The van der Waals surface area contributed by atoms with Gasteiger partial charge in [-0.3, -0.25) is 23.9 Å². The van der Waals surface area contributed by atoms with Crippen LogP contribution in [0.5, 0.6) is 5.88 Å². The molecule has 0 saturated carbocycles. The Bertz CT molecular complexity index is 1750. The minimum absolute atomic E-state index is 0.138. The number of aromatic nitrogens is 4. The van der Waals surface area contributed by atoms with Gasteiger partial charge in [0.2, 0.25) is 5.88 Å². The Morgan fingerprint density at radius 1 is 1.00 bits per heavy atom. The third-order valence-electron chi connectivity index (χ3n) is 7.18. The highest BCUT2D eigenvalue weighted by molar-refractivity contribution is 9.10. The van der Waals surface area contributed by atoms with Crippen molar-refractivity contribution in [3.8, 4) is 11.6 Å². The minimum atomic E-state index is -0.740. The van der Waals surface area contributed by atoms with E-state index in [4.69, 9.17) is 0 Å². The van der Waals surface area contributed by atoms with Crippen molar-refractivity contribution in [2.75, 3.05) is 18.0 Å². The molecule has 198 valence electrons. The van der Waals surface area contributed by atoms with Gasteiger partial charge in [-0.25, -0.2) is 14.2 Å². The number of rotatable bonds is 5. The smallest absolute Gasteiger partial charge is 0.335 e. The number of nitrogens with one attached hydrogen (secondary N) is 1.